The predicted molar refractivity (Wildman–Crippen MR) is 67.1 cm³/mol. The molecule has 1 atom stereocenters. The summed E-state index contributed by atoms with van der Waals surface area (Å²) in [4.78, 5) is 23.8. The van der Waals surface area contributed by atoms with E-state index in [4.69, 9.17) is 0 Å². The molecule has 0 unspecified atom stereocenters. The van der Waals surface area contributed by atoms with Gasteiger partial charge in [-0.1, -0.05) is 0 Å². The third kappa shape index (κ3) is 2.76. The summed E-state index contributed by atoms with van der Waals surface area (Å²) >= 11 is 0. The molecule has 0 aromatic carbocycles. The van der Waals surface area contributed by atoms with E-state index >= 15 is 0 Å². The Morgan fingerprint density at radius 2 is 2.28 bits per heavy atom. The van der Waals surface area contributed by atoms with E-state index in [9.17, 15) is 9.90 Å². The summed E-state index contributed by atoms with van der Waals surface area (Å²) in [6.07, 6.45) is 5.14. The average Bonchev–Trinajstić information content (AvgIpc) is 2.88. The number of aromatic nitrogens is 2. The van der Waals surface area contributed by atoms with E-state index in [1.807, 2.05) is 0 Å². The van der Waals surface area contributed by atoms with Crippen molar-refractivity contribution in [2.24, 2.45) is 0 Å². The van der Waals surface area contributed by atoms with Crippen molar-refractivity contribution in [3.05, 3.63) is 18.5 Å². The van der Waals surface area contributed by atoms with Crippen molar-refractivity contribution in [1.29, 1.82) is 0 Å². The van der Waals surface area contributed by atoms with Gasteiger partial charge >= 0.3 is 0 Å². The van der Waals surface area contributed by atoms with Crippen LogP contribution in [0.25, 0.3) is 0 Å². The van der Waals surface area contributed by atoms with Gasteiger partial charge in [-0.05, 0) is 18.9 Å². The molecule has 1 amide bonds. The van der Waals surface area contributed by atoms with Crippen LogP contribution >= 0.6 is 0 Å². The summed E-state index contributed by atoms with van der Waals surface area (Å²) in [5.41, 5.74) is 0. The zero-order chi connectivity index (χ0) is 13.0. The van der Waals surface area contributed by atoms with Gasteiger partial charge in [0.2, 0.25) is 11.9 Å². The van der Waals surface area contributed by atoms with Gasteiger partial charge < -0.3 is 14.9 Å². The Morgan fingerprint density at radius 1 is 1.56 bits per heavy atom. The van der Waals surface area contributed by atoms with Crippen LogP contribution in [0.3, 0.4) is 0 Å². The maximum Gasteiger partial charge on any atom is 0.242 e. The molecule has 1 aliphatic rings. The number of hydrogen-bond acceptors (Lipinski definition) is 5. The SMILES string of the molecule is CN(CC(=O)N1CCC[C@@H]1CO)c1ncccn1. The Morgan fingerprint density at radius 3 is 2.94 bits per heavy atom. The molecule has 1 saturated heterocycles. The van der Waals surface area contributed by atoms with Crippen LogP contribution in [0.15, 0.2) is 18.5 Å². The highest BCUT2D eigenvalue weighted by Crippen LogP contribution is 2.17. The molecule has 18 heavy (non-hydrogen) atoms. The molecular weight excluding hydrogens is 232 g/mol. The number of amides is 1. The molecule has 2 heterocycles. The van der Waals surface area contributed by atoms with Crippen molar-refractivity contribution in [2.45, 2.75) is 18.9 Å². The number of rotatable bonds is 4. The van der Waals surface area contributed by atoms with Gasteiger partial charge in [-0.2, -0.15) is 0 Å². The van der Waals surface area contributed by atoms with Crippen molar-refractivity contribution in [1.82, 2.24) is 14.9 Å². The fourth-order valence-corrected chi connectivity index (χ4v) is 2.21. The molecule has 0 saturated carbocycles. The van der Waals surface area contributed by atoms with Gasteiger partial charge in [0.05, 0.1) is 19.2 Å². The third-order valence-electron chi connectivity index (χ3n) is 3.17. The molecule has 0 bridgehead atoms. The monoisotopic (exact) mass is 250 g/mol. The van der Waals surface area contributed by atoms with Crippen LogP contribution < -0.4 is 4.90 Å². The fraction of sp³-hybridized carbons (Fsp3) is 0.583. The molecule has 6 heteroatoms. The van der Waals surface area contributed by atoms with Crippen molar-refractivity contribution in [3.8, 4) is 0 Å². The molecule has 1 fully saturated rings. The minimum Gasteiger partial charge on any atom is -0.394 e. The second kappa shape index (κ2) is 5.77. The van der Waals surface area contributed by atoms with Gasteiger partial charge in [0.25, 0.3) is 0 Å². The number of carbonyl (C=O) groups is 1. The summed E-state index contributed by atoms with van der Waals surface area (Å²) in [5, 5.41) is 9.20. The van der Waals surface area contributed by atoms with E-state index < -0.39 is 0 Å². The lowest BCUT2D eigenvalue weighted by Crippen LogP contribution is -2.43. The summed E-state index contributed by atoms with van der Waals surface area (Å²) in [7, 11) is 1.79. The number of anilines is 1. The van der Waals surface area contributed by atoms with E-state index in [0.717, 1.165) is 19.4 Å². The number of aliphatic hydroxyl groups excluding tert-OH is 1. The Balaban J connectivity index is 1.95. The standard InChI is InChI=1S/C12H18N4O2/c1-15(12-13-5-3-6-14-12)8-11(18)16-7-2-4-10(16)9-17/h3,5-6,10,17H,2,4,7-9H2,1H3/t10-/m1/s1. The van der Waals surface area contributed by atoms with Crippen LogP contribution in [0.4, 0.5) is 5.95 Å². The van der Waals surface area contributed by atoms with E-state index in [2.05, 4.69) is 9.97 Å². The van der Waals surface area contributed by atoms with Crippen LogP contribution in [0.5, 0.6) is 0 Å². The molecule has 1 aliphatic heterocycles. The van der Waals surface area contributed by atoms with Gasteiger partial charge in [0.15, 0.2) is 0 Å². The molecule has 0 radical (unpaired) electrons. The minimum absolute atomic E-state index is 0.0153. The van der Waals surface area contributed by atoms with Crippen molar-refractivity contribution < 1.29 is 9.90 Å². The van der Waals surface area contributed by atoms with Crippen LogP contribution in [0.1, 0.15) is 12.8 Å². The number of likely N-dealkylation sites (tertiary alicyclic amines) is 1. The Kier molecular flexibility index (Phi) is 4.09. The molecule has 6 nitrogen and oxygen atoms in total. The number of aliphatic hydroxyl groups is 1. The molecule has 98 valence electrons. The topological polar surface area (TPSA) is 69.6 Å². The first-order valence-corrected chi connectivity index (χ1v) is 6.11. The maximum atomic E-state index is 12.1. The Bertz CT molecular complexity index is 398. The van der Waals surface area contributed by atoms with Crippen LogP contribution in [0.2, 0.25) is 0 Å². The highest BCUT2D eigenvalue weighted by molar-refractivity contribution is 5.81. The summed E-state index contributed by atoms with van der Waals surface area (Å²) < 4.78 is 0. The van der Waals surface area contributed by atoms with Gasteiger partial charge in [0, 0.05) is 26.0 Å². The molecular formula is C12H18N4O2. The van der Waals surface area contributed by atoms with Crippen LogP contribution in [-0.2, 0) is 4.79 Å². The lowest BCUT2D eigenvalue weighted by atomic mass is 10.2. The van der Waals surface area contributed by atoms with Crippen molar-refractivity contribution >= 4 is 11.9 Å². The van der Waals surface area contributed by atoms with Gasteiger partial charge in [-0.25, -0.2) is 9.97 Å². The first-order valence-electron chi connectivity index (χ1n) is 6.11. The zero-order valence-electron chi connectivity index (χ0n) is 10.5. The van der Waals surface area contributed by atoms with E-state index in [0.29, 0.717) is 5.95 Å². The summed E-state index contributed by atoms with van der Waals surface area (Å²) in [6.45, 7) is 1.01. The fourth-order valence-electron chi connectivity index (χ4n) is 2.21. The van der Waals surface area contributed by atoms with Gasteiger partial charge in [-0.15, -0.1) is 0 Å². The molecule has 1 N–H and O–H groups in total. The summed E-state index contributed by atoms with van der Waals surface area (Å²) in [5.74, 6) is 0.548. The number of likely N-dealkylation sites (N-methyl/N-ethyl adjacent to an activating group) is 1. The van der Waals surface area contributed by atoms with Crippen LogP contribution in [0, 0.1) is 0 Å². The quantitative estimate of drug-likeness (QED) is 0.808. The molecule has 1 aromatic rings. The largest absolute Gasteiger partial charge is 0.394 e. The predicted octanol–water partition coefficient (Wildman–Crippen LogP) is -0.104. The van der Waals surface area contributed by atoms with Crippen molar-refractivity contribution in [2.75, 3.05) is 31.6 Å². The van der Waals surface area contributed by atoms with E-state index in [1.165, 1.54) is 0 Å². The zero-order valence-corrected chi connectivity index (χ0v) is 10.5. The lowest BCUT2D eigenvalue weighted by molar-refractivity contribution is -0.131. The summed E-state index contributed by atoms with van der Waals surface area (Å²) in [6, 6.07) is 1.71. The van der Waals surface area contributed by atoms with E-state index in [1.54, 1.807) is 35.3 Å². The maximum absolute atomic E-state index is 12.1. The highest BCUT2D eigenvalue weighted by Gasteiger charge is 2.28. The Hall–Kier alpha value is -1.69. The van der Waals surface area contributed by atoms with Crippen molar-refractivity contribution in [3.63, 3.8) is 0 Å². The van der Waals surface area contributed by atoms with E-state index in [-0.39, 0.29) is 25.1 Å². The first-order chi connectivity index (χ1) is 8.72. The molecule has 0 aliphatic carbocycles. The number of carbonyl (C=O) groups excluding carboxylic acids is 1. The third-order valence-corrected chi connectivity index (χ3v) is 3.17. The molecule has 2 rings (SSSR count). The number of nitrogens with zero attached hydrogens (tertiary/aromatic N) is 4. The van der Waals surface area contributed by atoms with Gasteiger partial charge in [-0.3, -0.25) is 4.79 Å². The molecule has 0 spiro atoms. The molecule has 1 aromatic heterocycles. The smallest absolute Gasteiger partial charge is 0.242 e. The minimum atomic E-state index is -0.0254. The first kappa shape index (κ1) is 12.8. The Labute approximate surface area is 106 Å². The highest BCUT2D eigenvalue weighted by atomic mass is 16.3. The normalized spacial score (nSPS) is 19.0. The second-order valence-electron chi connectivity index (χ2n) is 4.47. The van der Waals surface area contributed by atoms with Crippen LogP contribution in [-0.4, -0.2) is 58.7 Å². The average molecular weight is 250 g/mol. The lowest BCUT2D eigenvalue weighted by Gasteiger charge is -2.25. The number of hydrogen-bond donors (Lipinski definition) is 1. The second-order valence-corrected chi connectivity index (χ2v) is 4.47. The van der Waals surface area contributed by atoms with Gasteiger partial charge in [0.1, 0.15) is 0 Å².